The highest BCUT2D eigenvalue weighted by molar-refractivity contribution is 7.98. The molecule has 180 valence electrons. The molecule has 0 aromatic heterocycles. The van der Waals surface area contributed by atoms with E-state index in [1.807, 2.05) is 68.6 Å². The first-order chi connectivity index (χ1) is 16.2. The standard InChI is InChI=1S/C26H29NO5S2/c1-26(2,14-15-31-23(29)16-33)24(21-12-13-22(28)20-7-5-4-6-19(20)21)32-25(30)27-17-8-10-18(34-3)11-9-17/h4-13,24,28,33H,14-16H2,1-3H3,(H,27,30)/t24-/m1/s1. The Hall–Kier alpha value is -2.84. The van der Waals surface area contributed by atoms with Crippen molar-refractivity contribution >= 4 is 52.9 Å². The van der Waals surface area contributed by atoms with E-state index in [0.717, 1.165) is 15.8 Å². The van der Waals surface area contributed by atoms with Crippen LogP contribution in [-0.4, -0.2) is 35.8 Å². The van der Waals surface area contributed by atoms with Crippen LogP contribution >= 0.6 is 24.4 Å². The molecule has 0 bridgehead atoms. The van der Waals surface area contributed by atoms with Gasteiger partial charge in [-0.1, -0.05) is 44.2 Å². The van der Waals surface area contributed by atoms with Crippen LogP contribution in [0, 0.1) is 5.41 Å². The molecule has 0 heterocycles. The summed E-state index contributed by atoms with van der Waals surface area (Å²) >= 11 is 5.55. The normalized spacial score (nSPS) is 12.2. The zero-order valence-electron chi connectivity index (χ0n) is 19.4. The van der Waals surface area contributed by atoms with Gasteiger partial charge in [0.1, 0.15) is 11.9 Å². The number of anilines is 1. The van der Waals surface area contributed by atoms with Crippen molar-refractivity contribution in [2.24, 2.45) is 5.41 Å². The van der Waals surface area contributed by atoms with E-state index in [4.69, 9.17) is 9.47 Å². The molecule has 0 saturated heterocycles. The SMILES string of the molecule is CSc1ccc(NC(=O)O[C@H](c2ccc(O)c3ccccc23)C(C)(C)CCOC(=O)CS)cc1. The zero-order valence-corrected chi connectivity index (χ0v) is 21.1. The molecule has 0 fully saturated rings. The lowest BCUT2D eigenvalue weighted by Gasteiger charge is -2.34. The summed E-state index contributed by atoms with van der Waals surface area (Å²) in [7, 11) is 0. The Morgan fingerprint density at radius 2 is 1.74 bits per heavy atom. The number of amides is 1. The predicted molar refractivity (Wildman–Crippen MR) is 140 cm³/mol. The largest absolute Gasteiger partial charge is 0.507 e. The lowest BCUT2D eigenvalue weighted by Crippen LogP contribution is -2.30. The molecule has 0 saturated carbocycles. The number of benzene rings is 3. The first-order valence-electron chi connectivity index (χ1n) is 10.8. The molecule has 1 atom stereocenters. The molecule has 2 N–H and O–H groups in total. The number of carbonyl (C=O) groups is 2. The molecule has 3 rings (SSSR count). The van der Waals surface area contributed by atoms with Crippen LogP contribution in [0.25, 0.3) is 10.8 Å². The Morgan fingerprint density at radius 3 is 2.38 bits per heavy atom. The Bertz CT molecular complexity index is 1150. The number of fused-ring (bicyclic) bond motifs is 1. The topological polar surface area (TPSA) is 84.9 Å². The lowest BCUT2D eigenvalue weighted by atomic mass is 9.78. The van der Waals surface area contributed by atoms with Crippen LogP contribution in [0.2, 0.25) is 0 Å². The smallest absolute Gasteiger partial charge is 0.412 e. The second kappa shape index (κ2) is 11.5. The molecule has 0 spiro atoms. The molecule has 0 aliphatic carbocycles. The van der Waals surface area contributed by atoms with E-state index in [9.17, 15) is 14.7 Å². The van der Waals surface area contributed by atoms with Crippen LogP contribution in [0.3, 0.4) is 0 Å². The summed E-state index contributed by atoms with van der Waals surface area (Å²) in [6.45, 7) is 4.07. The third-order valence-corrected chi connectivity index (χ3v) is 6.63. The first kappa shape index (κ1) is 25.8. The van der Waals surface area contributed by atoms with Gasteiger partial charge < -0.3 is 14.6 Å². The third kappa shape index (κ3) is 6.39. The van der Waals surface area contributed by atoms with Crippen molar-refractivity contribution in [2.45, 2.75) is 31.3 Å². The minimum atomic E-state index is -0.682. The number of thioether (sulfide) groups is 1. The monoisotopic (exact) mass is 499 g/mol. The molecule has 6 nitrogen and oxygen atoms in total. The summed E-state index contributed by atoms with van der Waals surface area (Å²) < 4.78 is 11.2. The summed E-state index contributed by atoms with van der Waals surface area (Å²) in [5.74, 6) is -0.254. The van der Waals surface area contributed by atoms with Crippen LogP contribution < -0.4 is 5.32 Å². The van der Waals surface area contributed by atoms with Gasteiger partial charge in [0.05, 0.1) is 12.4 Å². The van der Waals surface area contributed by atoms with Gasteiger partial charge in [-0.05, 0) is 48.4 Å². The highest BCUT2D eigenvalue weighted by atomic mass is 32.2. The third-order valence-electron chi connectivity index (χ3n) is 5.63. The van der Waals surface area contributed by atoms with E-state index >= 15 is 0 Å². The number of nitrogens with one attached hydrogen (secondary N) is 1. The molecular formula is C26H29NO5S2. The molecule has 0 aliphatic heterocycles. The fourth-order valence-electron chi connectivity index (χ4n) is 3.71. The summed E-state index contributed by atoms with van der Waals surface area (Å²) in [5.41, 5.74) is 0.779. The van der Waals surface area contributed by atoms with Crippen molar-refractivity contribution in [3.05, 3.63) is 66.2 Å². The summed E-state index contributed by atoms with van der Waals surface area (Å²) in [6.07, 6.45) is 1.15. The molecule has 0 aliphatic rings. The minimum absolute atomic E-state index is 0.000685. The van der Waals surface area contributed by atoms with E-state index in [1.54, 1.807) is 23.9 Å². The van der Waals surface area contributed by atoms with Gasteiger partial charge in [0.2, 0.25) is 0 Å². The van der Waals surface area contributed by atoms with Gasteiger partial charge >= 0.3 is 12.1 Å². The summed E-state index contributed by atoms with van der Waals surface area (Å²) in [5, 5.41) is 14.6. The van der Waals surface area contributed by atoms with Crippen LogP contribution in [0.5, 0.6) is 5.75 Å². The van der Waals surface area contributed by atoms with Crippen LogP contribution in [0.15, 0.2) is 65.6 Å². The van der Waals surface area contributed by atoms with Crippen molar-refractivity contribution in [1.82, 2.24) is 0 Å². The maximum Gasteiger partial charge on any atom is 0.412 e. The van der Waals surface area contributed by atoms with Crippen LogP contribution in [-0.2, 0) is 14.3 Å². The number of rotatable bonds is 9. The number of esters is 1. The number of hydrogen-bond donors (Lipinski definition) is 3. The zero-order chi connectivity index (χ0) is 24.7. The van der Waals surface area contributed by atoms with Gasteiger partial charge in [-0.25, -0.2) is 4.79 Å². The lowest BCUT2D eigenvalue weighted by molar-refractivity contribution is -0.141. The maximum absolute atomic E-state index is 12.9. The predicted octanol–water partition coefficient (Wildman–Crippen LogP) is 6.45. The summed E-state index contributed by atoms with van der Waals surface area (Å²) in [6, 6.07) is 18.3. The average molecular weight is 500 g/mol. The highest BCUT2D eigenvalue weighted by Gasteiger charge is 2.36. The molecule has 3 aromatic carbocycles. The van der Waals surface area contributed by atoms with E-state index in [0.29, 0.717) is 17.5 Å². The first-order valence-corrected chi connectivity index (χ1v) is 12.7. The Balaban J connectivity index is 1.91. The second-order valence-electron chi connectivity index (χ2n) is 8.48. The van der Waals surface area contributed by atoms with Crippen molar-refractivity contribution in [1.29, 1.82) is 0 Å². The Kier molecular flexibility index (Phi) is 8.74. The highest BCUT2D eigenvalue weighted by Crippen LogP contribution is 2.43. The molecule has 34 heavy (non-hydrogen) atoms. The number of hydrogen-bond acceptors (Lipinski definition) is 7. The molecule has 8 heteroatoms. The fraction of sp³-hybridized carbons (Fsp3) is 0.308. The fourth-order valence-corrected chi connectivity index (χ4v) is 4.21. The van der Waals surface area contributed by atoms with Gasteiger partial charge in [0, 0.05) is 26.9 Å². The number of ether oxygens (including phenoxy) is 2. The van der Waals surface area contributed by atoms with E-state index in [-0.39, 0.29) is 18.1 Å². The minimum Gasteiger partial charge on any atom is -0.507 e. The number of carbonyl (C=O) groups excluding carboxylic acids is 2. The van der Waals surface area contributed by atoms with E-state index < -0.39 is 23.6 Å². The van der Waals surface area contributed by atoms with Crippen molar-refractivity contribution in [3.8, 4) is 5.75 Å². The van der Waals surface area contributed by atoms with Gasteiger partial charge in [-0.3, -0.25) is 10.1 Å². The van der Waals surface area contributed by atoms with Crippen LogP contribution in [0.1, 0.15) is 31.9 Å². The molecule has 0 radical (unpaired) electrons. The Morgan fingerprint density at radius 1 is 1.06 bits per heavy atom. The molecule has 3 aromatic rings. The molecule has 1 amide bonds. The number of thiol groups is 1. The summed E-state index contributed by atoms with van der Waals surface area (Å²) in [4.78, 5) is 25.6. The second-order valence-corrected chi connectivity index (χ2v) is 9.67. The van der Waals surface area contributed by atoms with E-state index in [2.05, 4.69) is 17.9 Å². The number of aromatic hydroxyl groups is 1. The Labute approximate surface area is 209 Å². The van der Waals surface area contributed by atoms with Gasteiger partial charge in [0.25, 0.3) is 0 Å². The van der Waals surface area contributed by atoms with Gasteiger partial charge in [0.15, 0.2) is 0 Å². The average Bonchev–Trinajstić information content (AvgIpc) is 2.83. The van der Waals surface area contributed by atoms with Crippen molar-refractivity contribution < 1.29 is 24.2 Å². The number of phenolic OH excluding ortho intramolecular Hbond substituents is 1. The van der Waals surface area contributed by atoms with Gasteiger partial charge in [-0.2, -0.15) is 12.6 Å². The molecular weight excluding hydrogens is 470 g/mol. The van der Waals surface area contributed by atoms with Crippen molar-refractivity contribution in [2.75, 3.05) is 23.9 Å². The number of phenols is 1. The van der Waals surface area contributed by atoms with Crippen LogP contribution in [0.4, 0.5) is 10.5 Å². The quantitative estimate of drug-likeness (QED) is 0.178. The van der Waals surface area contributed by atoms with Crippen molar-refractivity contribution in [3.63, 3.8) is 0 Å². The van der Waals surface area contributed by atoms with Gasteiger partial charge in [-0.15, -0.1) is 11.8 Å². The maximum atomic E-state index is 12.9. The van der Waals surface area contributed by atoms with E-state index in [1.165, 1.54) is 0 Å². The molecule has 0 unspecified atom stereocenters.